The van der Waals surface area contributed by atoms with Crippen LogP contribution in [0, 0.1) is 11.3 Å². The summed E-state index contributed by atoms with van der Waals surface area (Å²) < 4.78 is 6.03. The number of nitrogens with one attached hydrogen (secondary N) is 1. The minimum Gasteiger partial charge on any atom is -0.377 e. The molecule has 5 atom stereocenters. The van der Waals surface area contributed by atoms with Crippen LogP contribution < -0.4 is 5.32 Å². The molecule has 3 heterocycles. The van der Waals surface area contributed by atoms with Crippen LogP contribution in [0.15, 0.2) is 0 Å². The lowest BCUT2D eigenvalue weighted by molar-refractivity contribution is -0.195. The lowest BCUT2D eigenvalue weighted by Gasteiger charge is -2.61. The van der Waals surface area contributed by atoms with Gasteiger partial charge in [-0.05, 0) is 51.6 Å². The molecule has 1 saturated carbocycles. The zero-order valence-electron chi connectivity index (χ0n) is 13.1. The maximum atomic E-state index is 6.03. The molecule has 0 aromatic rings. The largest absolute Gasteiger partial charge is 0.377 e. The zero-order valence-corrected chi connectivity index (χ0v) is 13.1. The van der Waals surface area contributed by atoms with E-state index in [9.17, 15) is 0 Å². The molecule has 0 radical (unpaired) electrons. The van der Waals surface area contributed by atoms with E-state index in [0.717, 1.165) is 24.6 Å². The van der Waals surface area contributed by atoms with Crippen LogP contribution in [0.5, 0.6) is 0 Å². The van der Waals surface area contributed by atoms with Crippen molar-refractivity contribution in [2.45, 2.75) is 76.6 Å². The topological polar surface area (TPSA) is 24.5 Å². The van der Waals surface area contributed by atoms with Crippen molar-refractivity contribution in [2.75, 3.05) is 19.7 Å². The molecule has 4 aliphatic rings. The molecule has 3 heteroatoms. The number of fused-ring (bicyclic) bond motifs is 2. The Balaban J connectivity index is 1.39. The predicted molar refractivity (Wildman–Crippen MR) is 80.8 cm³/mol. The van der Waals surface area contributed by atoms with Crippen LogP contribution in [-0.4, -0.2) is 48.8 Å². The third kappa shape index (κ3) is 2.05. The summed E-state index contributed by atoms with van der Waals surface area (Å²) >= 11 is 0. The Morgan fingerprint density at radius 1 is 1.10 bits per heavy atom. The number of rotatable bonds is 2. The van der Waals surface area contributed by atoms with Gasteiger partial charge in [-0.3, -0.25) is 0 Å². The summed E-state index contributed by atoms with van der Waals surface area (Å²) in [4.78, 5) is 2.72. The predicted octanol–water partition coefficient (Wildman–Crippen LogP) is 2.41. The fourth-order valence-electron chi connectivity index (χ4n) is 5.49. The van der Waals surface area contributed by atoms with Gasteiger partial charge in [0.05, 0.1) is 6.10 Å². The highest BCUT2D eigenvalue weighted by atomic mass is 16.5. The number of nitrogens with zero attached hydrogens (tertiary/aromatic N) is 1. The molecule has 0 aromatic heterocycles. The molecule has 1 aliphatic carbocycles. The van der Waals surface area contributed by atoms with E-state index < -0.39 is 0 Å². The summed E-state index contributed by atoms with van der Waals surface area (Å²) in [5, 5.41) is 4.05. The van der Waals surface area contributed by atoms with Crippen LogP contribution in [0.4, 0.5) is 0 Å². The highest BCUT2D eigenvalue weighted by molar-refractivity contribution is 5.11. The van der Waals surface area contributed by atoms with Gasteiger partial charge in [-0.25, -0.2) is 0 Å². The fourth-order valence-corrected chi connectivity index (χ4v) is 5.49. The van der Waals surface area contributed by atoms with E-state index in [4.69, 9.17) is 4.74 Å². The maximum Gasteiger partial charge on any atom is 0.0684 e. The summed E-state index contributed by atoms with van der Waals surface area (Å²) in [6.45, 7) is 8.46. The first-order chi connectivity index (χ1) is 9.66. The van der Waals surface area contributed by atoms with Crippen molar-refractivity contribution in [3.8, 4) is 0 Å². The molecule has 114 valence electrons. The Bertz CT molecular complexity index is 370. The summed E-state index contributed by atoms with van der Waals surface area (Å²) in [7, 11) is 0. The second kappa shape index (κ2) is 4.96. The number of hydrogen-bond acceptors (Lipinski definition) is 3. The van der Waals surface area contributed by atoms with Crippen molar-refractivity contribution in [1.82, 2.24) is 10.2 Å². The van der Waals surface area contributed by atoms with Gasteiger partial charge in [-0.15, -0.1) is 0 Å². The second-order valence-corrected chi connectivity index (χ2v) is 8.12. The highest BCUT2D eigenvalue weighted by Gasteiger charge is 2.58. The summed E-state index contributed by atoms with van der Waals surface area (Å²) in [6, 6.07) is 2.31. The lowest BCUT2D eigenvalue weighted by Crippen LogP contribution is -2.71. The molecule has 3 saturated heterocycles. The average molecular weight is 278 g/mol. The monoisotopic (exact) mass is 278 g/mol. The van der Waals surface area contributed by atoms with Crippen LogP contribution in [0.3, 0.4) is 0 Å². The van der Waals surface area contributed by atoms with E-state index in [1.54, 1.807) is 0 Å². The van der Waals surface area contributed by atoms with E-state index >= 15 is 0 Å². The molecule has 4 rings (SSSR count). The van der Waals surface area contributed by atoms with Crippen molar-refractivity contribution in [2.24, 2.45) is 11.3 Å². The Labute approximate surface area is 123 Å². The van der Waals surface area contributed by atoms with Crippen LogP contribution in [0.2, 0.25) is 0 Å². The van der Waals surface area contributed by atoms with E-state index in [1.165, 1.54) is 51.6 Å². The van der Waals surface area contributed by atoms with Gasteiger partial charge < -0.3 is 15.0 Å². The molecule has 0 bridgehead atoms. The van der Waals surface area contributed by atoms with Gasteiger partial charge in [-0.1, -0.05) is 13.8 Å². The van der Waals surface area contributed by atoms with Gasteiger partial charge in [0.25, 0.3) is 0 Å². The first-order valence-corrected chi connectivity index (χ1v) is 8.78. The molecule has 5 unspecified atom stereocenters. The van der Waals surface area contributed by atoms with Crippen LogP contribution in [0.25, 0.3) is 0 Å². The summed E-state index contributed by atoms with van der Waals surface area (Å²) in [5.41, 5.74) is 0.331. The standard InChI is InChI=1S/C17H30N2O/c1-17(2)15(14-6-4-10-20-16(14)17)18-12-7-9-19-8-3-5-13(19)11-12/h12-16,18H,3-11H2,1-2H3. The Hall–Kier alpha value is -0.120. The molecular formula is C17H30N2O. The third-order valence-electron chi connectivity index (χ3n) is 6.57. The van der Waals surface area contributed by atoms with Gasteiger partial charge in [0.15, 0.2) is 0 Å². The van der Waals surface area contributed by atoms with Crippen molar-refractivity contribution >= 4 is 0 Å². The minimum atomic E-state index is 0.331. The van der Waals surface area contributed by atoms with E-state index in [0.29, 0.717) is 17.6 Å². The Kier molecular flexibility index (Phi) is 3.36. The Morgan fingerprint density at radius 3 is 2.90 bits per heavy atom. The smallest absolute Gasteiger partial charge is 0.0684 e. The molecule has 4 fully saturated rings. The minimum absolute atomic E-state index is 0.331. The first kappa shape index (κ1) is 13.5. The highest BCUT2D eigenvalue weighted by Crippen LogP contribution is 2.51. The van der Waals surface area contributed by atoms with Gasteiger partial charge in [-0.2, -0.15) is 0 Å². The molecule has 0 spiro atoms. The molecule has 3 aliphatic heterocycles. The second-order valence-electron chi connectivity index (χ2n) is 8.12. The van der Waals surface area contributed by atoms with Gasteiger partial charge in [0.1, 0.15) is 0 Å². The number of piperidine rings is 1. The first-order valence-electron chi connectivity index (χ1n) is 8.78. The summed E-state index contributed by atoms with van der Waals surface area (Å²) in [6.07, 6.45) is 8.73. The molecule has 20 heavy (non-hydrogen) atoms. The van der Waals surface area contributed by atoms with Crippen LogP contribution in [0.1, 0.15) is 52.4 Å². The number of ether oxygens (including phenoxy) is 1. The Morgan fingerprint density at radius 2 is 2.00 bits per heavy atom. The normalized spacial score (nSPS) is 47.4. The quantitative estimate of drug-likeness (QED) is 0.839. The number of hydrogen-bond donors (Lipinski definition) is 1. The van der Waals surface area contributed by atoms with Crippen molar-refractivity contribution in [3.05, 3.63) is 0 Å². The average Bonchev–Trinajstić information content (AvgIpc) is 2.92. The summed E-state index contributed by atoms with van der Waals surface area (Å²) in [5.74, 6) is 0.778. The molecule has 3 nitrogen and oxygen atoms in total. The fraction of sp³-hybridized carbons (Fsp3) is 1.00. The lowest BCUT2D eigenvalue weighted by atomic mass is 9.55. The third-order valence-corrected chi connectivity index (χ3v) is 6.57. The van der Waals surface area contributed by atoms with E-state index in [1.807, 2.05) is 0 Å². The van der Waals surface area contributed by atoms with Gasteiger partial charge >= 0.3 is 0 Å². The van der Waals surface area contributed by atoms with Crippen LogP contribution in [-0.2, 0) is 4.74 Å². The molecule has 0 amide bonds. The van der Waals surface area contributed by atoms with Crippen molar-refractivity contribution in [3.63, 3.8) is 0 Å². The van der Waals surface area contributed by atoms with Crippen molar-refractivity contribution < 1.29 is 4.74 Å². The molecular weight excluding hydrogens is 248 g/mol. The zero-order chi connectivity index (χ0) is 13.7. The SMILES string of the molecule is CC1(C)C(NC2CCN3CCCC3C2)C2CCCOC21. The van der Waals surface area contributed by atoms with E-state index in [-0.39, 0.29) is 0 Å². The molecule has 0 aromatic carbocycles. The molecule has 1 N–H and O–H groups in total. The van der Waals surface area contributed by atoms with Crippen molar-refractivity contribution in [1.29, 1.82) is 0 Å². The maximum absolute atomic E-state index is 6.03. The van der Waals surface area contributed by atoms with Crippen LogP contribution >= 0.6 is 0 Å². The van der Waals surface area contributed by atoms with Gasteiger partial charge in [0.2, 0.25) is 0 Å². The van der Waals surface area contributed by atoms with E-state index in [2.05, 4.69) is 24.1 Å². The van der Waals surface area contributed by atoms with Gasteiger partial charge in [0, 0.05) is 36.1 Å².